The fourth-order valence-electron chi connectivity index (χ4n) is 1.52. The van der Waals surface area contributed by atoms with Gasteiger partial charge in [0.15, 0.2) is 0 Å². The molecule has 5 heteroatoms. The van der Waals surface area contributed by atoms with Crippen molar-refractivity contribution in [1.82, 2.24) is 15.0 Å². The number of nitrogens with one attached hydrogen (secondary N) is 1. The van der Waals surface area contributed by atoms with Crippen LogP contribution in [0.25, 0.3) is 0 Å². The quantitative estimate of drug-likeness (QED) is 0.847. The van der Waals surface area contributed by atoms with Crippen molar-refractivity contribution in [3.63, 3.8) is 0 Å². The molecule has 0 unspecified atom stereocenters. The molecule has 0 bridgehead atoms. The maximum Gasteiger partial charge on any atom is 0.237 e. The van der Waals surface area contributed by atoms with Gasteiger partial charge in [-0.3, -0.25) is 5.43 Å². The molecular formula is C9H13IN4. The standard InChI is InChI=1S/C9H13IN4/c10-8-6-11-9(12-7-8)13-14-4-2-1-3-5-14/h6-7H,1-5H2,(H,11,12,13). The zero-order chi connectivity index (χ0) is 9.80. The SMILES string of the molecule is Ic1cnc(NN2CCCCC2)nc1. The summed E-state index contributed by atoms with van der Waals surface area (Å²) in [5, 5.41) is 2.19. The summed E-state index contributed by atoms with van der Waals surface area (Å²) in [4.78, 5) is 8.40. The van der Waals surface area contributed by atoms with Crippen molar-refractivity contribution in [2.45, 2.75) is 19.3 Å². The summed E-state index contributed by atoms with van der Waals surface area (Å²) in [5.41, 5.74) is 3.22. The molecule has 1 aromatic heterocycles. The van der Waals surface area contributed by atoms with E-state index >= 15 is 0 Å². The highest BCUT2D eigenvalue weighted by Crippen LogP contribution is 2.10. The van der Waals surface area contributed by atoms with Gasteiger partial charge in [0.05, 0.1) is 0 Å². The summed E-state index contributed by atoms with van der Waals surface area (Å²) >= 11 is 2.20. The first-order valence-corrected chi connectivity index (χ1v) is 5.91. The van der Waals surface area contributed by atoms with Gasteiger partial charge in [-0.25, -0.2) is 15.0 Å². The van der Waals surface area contributed by atoms with E-state index in [1.54, 1.807) is 0 Å². The Morgan fingerprint density at radius 1 is 1.14 bits per heavy atom. The summed E-state index contributed by atoms with van der Waals surface area (Å²) in [6, 6.07) is 0. The highest BCUT2D eigenvalue weighted by Gasteiger charge is 2.10. The highest BCUT2D eigenvalue weighted by molar-refractivity contribution is 14.1. The third-order valence-electron chi connectivity index (χ3n) is 2.23. The first-order chi connectivity index (χ1) is 6.84. The lowest BCUT2D eigenvalue weighted by Gasteiger charge is -2.26. The van der Waals surface area contributed by atoms with Crippen molar-refractivity contribution in [2.75, 3.05) is 18.5 Å². The number of hydrogen-bond donors (Lipinski definition) is 1. The smallest absolute Gasteiger partial charge is 0.237 e. The highest BCUT2D eigenvalue weighted by atomic mass is 127. The fourth-order valence-corrected chi connectivity index (χ4v) is 1.80. The van der Waals surface area contributed by atoms with E-state index in [-0.39, 0.29) is 0 Å². The Kier molecular flexibility index (Phi) is 3.52. The molecule has 0 aliphatic carbocycles. The van der Waals surface area contributed by atoms with Crippen LogP contribution in [-0.4, -0.2) is 28.1 Å². The molecule has 0 atom stereocenters. The van der Waals surface area contributed by atoms with E-state index in [9.17, 15) is 0 Å². The van der Waals surface area contributed by atoms with Crippen molar-refractivity contribution >= 4 is 28.5 Å². The van der Waals surface area contributed by atoms with Crippen LogP contribution in [0.1, 0.15) is 19.3 Å². The molecule has 0 amide bonds. The van der Waals surface area contributed by atoms with Gasteiger partial charge in [0.25, 0.3) is 0 Å². The van der Waals surface area contributed by atoms with Crippen LogP contribution < -0.4 is 5.43 Å². The molecule has 1 fully saturated rings. The molecule has 76 valence electrons. The minimum atomic E-state index is 0.701. The number of anilines is 1. The van der Waals surface area contributed by atoms with E-state index in [0.29, 0.717) is 5.95 Å². The van der Waals surface area contributed by atoms with Crippen LogP contribution >= 0.6 is 22.6 Å². The Morgan fingerprint density at radius 3 is 2.43 bits per heavy atom. The maximum absolute atomic E-state index is 4.20. The molecule has 1 N–H and O–H groups in total. The summed E-state index contributed by atoms with van der Waals surface area (Å²) in [6.07, 6.45) is 7.50. The average molecular weight is 304 g/mol. The number of hydrogen-bond acceptors (Lipinski definition) is 4. The molecule has 1 aliphatic heterocycles. The van der Waals surface area contributed by atoms with Crippen molar-refractivity contribution in [1.29, 1.82) is 0 Å². The fraction of sp³-hybridized carbons (Fsp3) is 0.556. The van der Waals surface area contributed by atoms with Crippen LogP contribution in [-0.2, 0) is 0 Å². The predicted octanol–water partition coefficient (Wildman–Crippen LogP) is 1.89. The van der Waals surface area contributed by atoms with Gasteiger partial charge >= 0.3 is 0 Å². The van der Waals surface area contributed by atoms with Crippen molar-refractivity contribution < 1.29 is 0 Å². The first-order valence-electron chi connectivity index (χ1n) is 4.84. The lowest BCUT2D eigenvalue weighted by Crippen LogP contribution is -2.35. The Bertz CT molecular complexity index is 281. The Labute approximate surface area is 97.2 Å². The summed E-state index contributed by atoms with van der Waals surface area (Å²) in [7, 11) is 0. The molecule has 14 heavy (non-hydrogen) atoms. The number of aromatic nitrogens is 2. The van der Waals surface area contributed by atoms with Crippen LogP contribution in [0, 0.1) is 3.57 Å². The number of nitrogens with zero attached hydrogens (tertiary/aromatic N) is 3. The minimum absolute atomic E-state index is 0.701. The normalized spacial score (nSPS) is 18.1. The van der Waals surface area contributed by atoms with Gasteiger partial charge in [0.2, 0.25) is 5.95 Å². The van der Waals surface area contributed by atoms with Crippen molar-refractivity contribution in [3.05, 3.63) is 16.0 Å². The number of halogens is 1. The Morgan fingerprint density at radius 2 is 1.79 bits per heavy atom. The van der Waals surface area contributed by atoms with Crippen LogP contribution in [0.15, 0.2) is 12.4 Å². The Hall–Kier alpha value is -0.430. The summed E-state index contributed by atoms with van der Waals surface area (Å²) < 4.78 is 1.06. The van der Waals surface area contributed by atoms with Crippen molar-refractivity contribution in [2.24, 2.45) is 0 Å². The van der Waals surface area contributed by atoms with E-state index < -0.39 is 0 Å². The summed E-state index contributed by atoms with van der Waals surface area (Å²) in [5.74, 6) is 0.701. The van der Waals surface area contributed by atoms with Crippen LogP contribution in [0.4, 0.5) is 5.95 Å². The zero-order valence-corrected chi connectivity index (χ0v) is 10.1. The van der Waals surface area contributed by atoms with Gasteiger partial charge in [0.1, 0.15) is 0 Å². The second kappa shape index (κ2) is 4.88. The molecule has 4 nitrogen and oxygen atoms in total. The molecular weight excluding hydrogens is 291 g/mol. The molecule has 1 aromatic rings. The largest absolute Gasteiger partial charge is 0.287 e. The van der Waals surface area contributed by atoms with Gasteiger partial charge in [-0.1, -0.05) is 6.42 Å². The minimum Gasteiger partial charge on any atom is -0.287 e. The topological polar surface area (TPSA) is 41.1 Å². The zero-order valence-electron chi connectivity index (χ0n) is 7.91. The Balaban J connectivity index is 1.92. The molecule has 1 aliphatic rings. The second-order valence-corrected chi connectivity index (χ2v) is 4.63. The van der Waals surface area contributed by atoms with Gasteiger partial charge in [0, 0.05) is 29.1 Å². The number of hydrazine groups is 1. The molecule has 0 aromatic carbocycles. The maximum atomic E-state index is 4.20. The van der Waals surface area contributed by atoms with E-state index in [1.807, 2.05) is 12.4 Å². The van der Waals surface area contributed by atoms with Gasteiger partial charge in [-0.15, -0.1) is 0 Å². The van der Waals surface area contributed by atoms with Gasteiger partial charge in [-0.05, 0) is 35.4 Å². The molecule has 2 rings (SSSR count). The third kappa shape index (κ3) is 2.78. The molecule has 2 heterocycles. The average Bonchev–Trinajstić information content (AvgIpc) is 2.23. The third-order valence-corrected chi connectivity index (χ3v) is 2.79. The predicted molar refractivity (Wildman–Crippen MR) is 63.8 cm³/mol. The van der Waals surface area contributed by atoms with Gasteiger partial charge < -0.3 is 0 Å². The van der Waals surface area contributed by atoms with Crippen molar-refractivity contribution in [3.8, 4) is 0 Å². The lowest BCUT2D eigenvalue weighted by molar-refractivity contribution is 0.271. The van der Waals surface area contributed by atoms with Crippen LogP contribution in [0.2, 0.25) is 0 Å². The van der Waals surface area contributed by atoms with Crippen LogP contribution in [0.5, 0.6) is 0 Å². The second-order valence-electron chi connectivity index (χ2n) is 3.38. The number of piperidine rings is 1. The van der Waals surface area contributed by atoms with Gasteiger partial charge in [-0.2, -0.15) is 0 Å². The molecule has 1 saturated heterocycles. The first kappa shape index (κ1) is 10.1. The monoisotopic (exact) mass is 304 g/mol. The van der Waals surface area contributed by atoms with E-state index in [0.717, 1.165) is 16.7 Å². The lowest BCUT2D eigenvalue weighted by atomic mass is 10.2. The van der Waals surface area contributed by atoms with Crippen LogP contribution in [0.3, 0.4) is 0 Å². The van der Waals surface area contributed by atoms with E-state index in [4.69, 9.17) is 0 Å². The molecule has 0 spiro atoms. The van der Waals surface area contributed by atoms with E-state index in [2.05, 4.69) is 43.0 Å². The molecule has 0 saturated carbocycles. The van der Waals surface area contributed by atoms with E-state index in [1.165, 1.54) is 19.3 Å². The summed E-state index contributed by atoms with van der Waals surface area (Å²) in [6.45, 7) is 2.19. The molecule has 0 radical (unpaired) electrons. The number of rotatable bonds is 2.